The van der Waals surface area contributed by atoms with E-state index in [1.54, 1.807) is 29.2 Å². The summed E-state index contributed by atoms with van der Waals surface area (Å²) in [6.45, 7) is 1.11. The molecular weight excluding hydrogens is 326 g/mol. The van der Waals surface area contributed by atoms with Gasteiger partial charge in [-0.1, -0.05) is 12.1 Å². The average molecular weight is 347 g/mol. The van der Waals surface area contributed by atoms with Gasteiger partial charge in [0, 0.05) is 31.2 Å². The van der Waals surface area contributed by atoms with Crippen molar-refractivity contribution in [2.75, 3.05) is 31.2 Å². The van der Waals surface area contributed by atoms with Gasteiger partial charge in [0.1, 0.15) is 12.1 Å². The smallest absolute Gasteiger partial charge is 0.316 e. The van der Waals surface area contributed by atoms with Crippen LogP contribution in [0.3, 0.4) is 0 Å². The minimum Gasteiger partial charge on any atom is -0.370 e. The molecule has 6 N–H and O–H groups in total. The molecule has 2 fully saturated rings. The number of urea groups is 1. The van der Waals surface area contributed by atoms with Crippen LogP contribution in [0.25, 0.3) is 0 Å². The van der Waals surface area contributed by atoms with E-state index in [4.69, 9.17) is 21.9 Å². The SMILES string of the molecule is NC(=O)N1C[C@@H](N)C[C@]1(C(N)=O)c1ccc(N2CCOCC2=O)cc1. The van der Waals surface area contributed by atoms with Crippen molar-refractivity contribution in [3.05, 3.63) is 29.8 Å². The number of nitrogens with two attached hydrogens (primary N) is 3. The van der Waals surface area contributed by atoms with Crippen molar-refractivity contribution in [2.45, 2.75) is 18.0 Å². The van der Waals surface area contributed by atoms with Gasteiger partial charge in [0.2, 0.25) is 5.91 Å². The molecule has 0 unspecified atom stereocenters. The third-order valence-electron chi connectivity index (χ3n) is 4.75. The van der Waals surface area contributed by atoms with Crippen LogP contribution in [-0.4, -0.2) is 55.1 Å². The summed E-state index contributed by atoms with van der Waals surface area (Å²) in [5, 5.41) is 0. The molecule has 134 valence electrons. The molecule has 25 heavy (non-hydrogen) atoms. The molecule has 9 nitrogen and oxygen atoms in total. The number of hydrogen-bond donors (Lipinski definition) is 3. The number of anilines is 1. The van der Waals surface area contributed by atoms with Gasteiger partial charge in [-0.3, -0.25) is 9.59 Å². The Bertz CT molecular complexity index is 707. The lowest BCUT2D eigenvalue weighted by atomic mass is 9.85. The second kappa shape index (κ2) is 6.34. The number of hydrogen-bond acceptors (Lipinski definition) is 5. The Morgan fingerprint density at radius 3 is 2.44 bits per heavy atom. The van der Waals surface area contributed by atoms with E-state index in [1.807, 2.05) is 0 Å². The molecule has 0 radical (unpaired) electrons. The number of nitrogens with zero attached hydrogens (tertiary/aromatic N) is 2. The van der Waals surface area contributed by atoms with Crippen LogP contribution in [0.5, 0.6) is 0 Å². The van der Waals surface area contributed by atoms with E-state index < -0.39 is 23.5 Å². The normalized spacial score (nSPS) is 26.8. The highest BCUT2D eigenvalue weighted by Crippen LogP contribution is 2.39. The summed E-state index contributed by atoms with van der Waals surface area (Å²) in [7, 11) is 0. The molecule has 2 heterocycles. The highest BCUT2D eigenvalue weighted by atomic mass is 16.5. The molecule has 0 bridgehead atoms. The fourth-order valence-electron chi connectivity index (χ4n) is 3.58. The Hall–Kier alpha value is -2.65. The topological polar surface area (TPSA) is 145 Å². The van der Waals surface area contributed by atoms with Crippen LogP contribution >= 0.6 is 0 Å². The largest absolute Gasteiger partial charge is 0.370 e. The predicted octanol–water partition coefficient (Wildman–Crippen LogP) is -1.16. The number of rotatable bonds is 3. The maximum atomic E-state index is 12.3. The van der Waals surface area contributed by atoms with Crippen LogP contribution in [0.1, 0.15) is 12.0 Å². The Kier molecular flexibility index (Phi) is 4.36. The zero-order valence-electron chi connectivity index (χ0n) is 13.7. The maximum Gasteiger partial charge on any atom is 0.316 e. The first-order valence-corrected chi connectivity index (χ1v) is 7.97. The first kappa shape index (κ1) is 17.2. The third kappa shape index (κ3) is 2.81. The Morgan fingerprint density at radius 1 is 1.20 bits per heavy atom. The van der Waals surface area contributed by atoms with Gasteiger partial charge in [-0.05, 0) is 17.7 Å². The molecule has 1 aromatic rings. The molecule has 2 saturated heterocycles. The maximum absolute atomic E-state index is 12.3. The van der Waals surface area contributed by atoms with E-state index in [0.29, 0.717) is 24.4 Å². The second-order valence-corrected chi connectivity index (χ2v) is 6.28. The number of likely N-dealkylation sites (tertiary alicyclic amines) is 1. The monoisotopic (exact) mass is 347 g/mol. The van der Waals surface area contributed by atoms with E-state index in [9.17, 15) is 14.4 Å². The number of amides is 4. The van der Waals surface area contributed by atoms with Crippen LogP contribution in [0.4, 0.5) is 10.5 Å². The van der Waals surface area contributed by atoms with Crippen molar-refractivity contribution in [3.8, 4) is 0 Å². The summed E-state index contributed by atoms with van der Waals surface area (Å²) < 4.78 is 5.11. The van der Waals surface area contributed by atoms with Crippen molar-refractivity contribution in [3.63, 3.8) is 0 Å². The molecule has 0 aliphatic carbocycles. The van der Waals surface area contributed by atoms with Crippen LogP contribution in [0, 0.1) is 0 Å². The highest BCUT2D eigenvalue weighted by molar-refractivity contribution is 5.95. The summed E-state index contributed by atoms with van der Waals surface area (Å²) in [4.78, 5) is 38.8. The Labute approximate surface area is 144 Å². The van der Waals surface area contributed by atoms with Crippen molar-refractivity contribution in [1.82, 2.24) is 4.90 Å². The molecule has 1 aromatic carbocycles. The molecule has 3 rings (SSSR count). The summed E-state index contributed by atoms with van der Waals surface area (Å²) in [6.07, 6.45) is 0.196. The number of carbonyl (C=O) groups is 3. The molecule has 0 spiro atoms. The lowest BCUT2D eigenvalue weighted by Crippen LogP contribution is -2.55. The van der Waals surface area contributed by atoms with Crippen LogP contribution in [0.2, 0.25) is 0 Å². The molecule has 2 aliphatic rings. The molecule has 2 aliphatic heterocycles. The van der Waals surface area contributed by atoms with E-state index >= 15 is 0 Å². The standard InChI is InChI=1S/C16H21N5O4/c17-11-7-16(14(18)23,21(8-11)15(19)24)10-1-3-12(4-2-10)20-5-6-25-9-13(20)22/h1-4,11H,5-9,17H2,(H2,18,23)(H2,19,24)/t11-,16+/m0/s1. The predicted molar refractivity (Wildman–Crippen MR) is 89.4 cm³/mol. The fraction of sp³-hybridized carbons (Fsp3) is 0.438. The van der Waals surface area contributed by atoms with Crippen LogP contribution in [-0.2, 0) is 19.9 Å². The van der Waals surface area contributed by atoms with Crippen molar-refractivity contribution < 1.29 is 19.1 Å². The summed E-state index contributed by atoms with van der Waals surface area (Å²) in [6, 6.07) is 5.63. The fourth-order valence-corrected chi connectivity index (χ4v) is 3.58. The molecular formula is C16H21N5O4. The lowest BCUT2D eigenvalue weighted by Gasteiger charge is -2.35. The summed E-state index contributed by atoms with van der Waals surface area (Å²) in [5.41, 5.74) is 16.9. The molecule has 0 saturated carbocycles. The van der Waals surface area contributed by atoms with Gasteiger partial charge in [0.15, 0.2) is 0 Å². The van der Waals surface area contributed by atoms with Crippen molar-refractivity contribution in [2.24, 2.45) is 17.2 Å². The zero-order valence-corrected chi connectivity index (χ0v) is 13.7. The number of ether oxygens (including phenoxy) is 1. The zero-order chi connectivity index (χ0) is 18.2. The molecule has 2 atom stereocenters. The summed E-state index contributed by atoms with van der Waals surface area (Å²) in [5.74, 6) is -0.820. The van der Waals surface area contributed by atoms with Gasteiger partial charge < -0.3 is 31.7 Å². The molecule has 0 aromatic heterocycles. The van der Waals surface area contributed by atoms with Gasteiger partial charge in [-0.25, -0.2) is 4.79 Å². The third-order valence-corrected chi connectivity index (χ3v) is 4.75. The van der Waals surface area contributed by atoms with Crippen molar-refractivity contribution >= 4 is 23.5 Å². The molecule has 9 heteroatoms. The van der Waals surface area contributed by atoms with Gasteiger partial charge >= 0.3 is 6.03 Å². The van der Waals surface area contributed by atoms with Gasteiger partial charge in [0.05, 0.1) is 6.61 Å². The highest BCUT2D eigenvalue weighted by Gasteiger charge is 2.52. The first-order valence-electron chi connectivity index (χ1n) is 7.97. The minimum absolute atomic E-state index is 0.0390. The van der Waals surface area contributed by atoms with Crippen LogP contribution in [0.15, 0.2) is 24.3 Å². The van der Waals surface area contributed by atoms with Gasteiger partial charge in [-0.15, -0.1) is 0 Å². The summed E-state index contributed by atoms with van der Waals surface area (Å²) >= 11 is 0. The van der Waals surface area contributed by atoms with E-state index in [2.05, 4.69) is 0 Å². The van der Waals surface area contributed by atoms with E-state index in [1.165, 1.54) is 4.90 Å². The van der Waals surface area contributed by atoms with E-state index in [-0.39, 0.29) is 25.5 Å². The Morgan fingerprint density at radius 2 is 1.88 bits per heavy atom. The number of carbonyl (C=O) groups excluding carboxylic acids is 3. The van der Waals surface area contributed by atoms with E-state index in [0.717, 1.165) is 0 Å². The number of morpholine rings is 1. The number of primary amides is 2. The molecule has 4 amide bonds. The quantitative estimate of drug-likeness (QED) is 0.631. The average Bonchev–Trinajstić information content (AvgIpc) is 2.94. The first-order chi connectivity index (χ1) is 11.9. The van der Waals surface area contributed by atoms with Gasteiger partial charge in [-0.2, -0.15) is 0 Å². The van der Waals surface area contributed by atoms with Gasteiger partial charge in [0.25, 0.3) is 5.91 Å². The van der Waals surface area contributed by atoms with Crippen molar-refractivity contribution in [1.29, 1.82) is 0 Å². The number of benzene rings is 1. The Balaban J connectivity index is 1.97. The lowest BCUT2D eigenvalue weighted by molar-refractivity contribution is -0.127. The van der Waals surface area contributed by atoms with Crippen LogP contribution < -0.4 is 22.1 Å². The minimum atomic E-state index is -1.38. The second-order valence-electron chi connectivity index (χ2n) is 6.28.